The van der Waals surface area contributed by atoms with E-state index in [0.717, 1.165) is 5.56 Å². The fourth-order valence-electron chi connectivity index (χ4n) is 1.75. The molecule has 6 nitrogen and oxygen atoms in total. The Morgan fingerprint density at radius 2 is 1.95 bits per heavy atom. The fourth-order valence-corrected chi connectivity index (χ4v) is 1.75. The average molecular weight is 280 g/mol. The highest BCUT2D eigenvalue weighted by molar-refractivity contribution is 5.77. The SMILES string of the molecule is COC(CNC(=O)CC(N)c1ccccc1)CC(=O)O. The van der Waals surface area contributed by atoms with Crippen molar-refractivity contribution in [3.05, 3.63) is 35.9 Å². The smallest absolute Gasteiger partial charge is 0.306 e. The van der Waals surface area contributed by atoms with Gasteiger partial charge in [-0.15, -0.1) is 0 Å². The predicted molar refractivity (Wildman–Crippen MR) is 74.0 cm³/mol. The van der Waals surface area contributed by atoms with Crippen LogP contribution >= 0.6 is 0 Å². The van der Waals surface area contributed by atoms with Crippen LogP contribution in [-0.4, -0.2) is 36.7 Å². The van der Waals surface area contributed by atoms with Gasteiger partial charge >= 0.3 is 5.97 Å². The van der Waals surface area contributed by atoms with Crippen molar-refractivity contribution in [1.82, 2.24) is 5.32 Å². The Hall–Kier alpha value is -1.92. The van der Waals surface area contributed by atoms with Crippen LogP contribution in [0, 0.1) is 0 Å². The third kappa shape index (κ3) is 5.81. The van der Waals surface area contributed by atoms with Crippen LogP contribution in [0.15, 0.2) is 30.3 Å². The number of hydrogen-bond acceptors (Lipinski definition) is 4. The van der Waals surface area contributed by atoms with Crippen LogP contribution in [-0.2, 0) is 14.3 Å². The molecule has 0 saturated heterocycles. The molecule has 2 atom stereocenters. The van der Waals surface area contributed by atoms with E-state index in [2.05, 4.69) is 5.32 Å². The van der Waals surface area contributed by atoms with Gasteiger partial charge < -0.3 is 20.9 Å². The number of carbonyl (C=O) groups excluding carboxylic acids is 1. The Kier molecular flexibility index (Phi) is 6.69. The lowest BCUT2D eigenvalue weighted by Gasteiger charge is -2.16. The minimum Gasteiger partial charge on any atom is -0.481 e. The highest BCUT2D eigenvalue weighted by Crippen LogP contribution is 2.12. The van der Waals surface area contributed by atoms with Gasteiger partial charge in [0.2, 0.25) is 5.91 Å². The van der Waals surface area contributed by atoms with E-state index in [1.54, 1.807) is 0 Å². The molecule has 20 heavy (non-hydrogen) atoms. The third-order valence-corrected chi connectivity index (χ3v) is 2.90. The Morgan fingerprint density at radius 3 is 2.50 bits per heavy atom. The summed E-state index contributed by atoms with van der Waals surface area (Å²) in [5, 5.41) is 11.3. The molecule has 2 unspecified atom stereocenters. The van der Waals surface area contributed by atoms with Gasteiger partial charge in [-0.25, -0.2) is 0 Å². The third-order valence-electron chi connectivity index (χ3n) is 2.90. The first-order valence-corrected chi connectivity index (χ1v) is 6.34. The van der Waals surface area contributed by atoms with Gasteiger partial charge in [0.15, 0.2) is 0 Å². The number of aliphatic carboxylic acids is 1. The van der Waals surface area contributed by atoms with Crippen molar-refractivity contribution >= 4 is 11.9 Å². The van der Waals surface area contributed by atoms with E-state index in [4.69, 9.17) is 15.6 Å². The molecule has 1 aromatic carbocycles. The molecule has 1 aromatic rings. The van der Waals surface area contributed by atoms with Crippen LogP contribution in [0.3, 0.4) is 0 Å². The summed E-state index contributed by atoms with van der Waals surface area (Å²) in [6.07, 6.45) is -0.543. The molecule has 1 rings (SSSR count). The maximum atomic E-state index is 11.7. The molecule has 6 heteroatoms. The quantitative estimate of drug-likeness (QED) is 0.650. The van der Waals surface area contributed by atoms with Crippen molar-refractivity contribution in [3.8, 4) is 0 Å². The molecule has 1 amide bonds. The number of amides is 1. The lowest BCUT2D eigenvalue weighted by atomic mass is 10.0. The molecule has 0 aliphatic rings. The van der Waals surface area contributed by atoms with E-state index in [9.17, 15) is 9.59 Å². The van der Waals surface area contributed by atoms with Crippen LogP contribution in [0.25, 0.3) is 0 Å². The summed E-state index contributed by atoms with van der Waals surface area (Å²) in [5.41, 5.74) is 6.81. The van der Waals surface area contributed by atoms with E-state index in [0.29, 0.717) is 0 Å². The minimum atomic E-state index is -0.966. The lowest BCUT2D eigenvalue weighted by molar-refractivity contribution is -0.140. The van der Waals surface area contributed by atoms with E-state index < -0.39 is 12.1 Å². The van der Waals surface area contributed by atoms with E-state index >= 15 is 0 Å². The van der Waals surface area contributed by atoms with Gasteiger partial charge in [0.25, 0.3) is 0 Å². The van der Waals surface area contributed by atoms with Crippen LogP contribution < -0.4 is 11.1 Å². The summed E-state index contributed by atoms with van der Waals surface area (Å²) in [5.74, 6) is -1.19. The van der Waals surface area contributed by atoms with Gasteiger partial charge in [0.1, 0.15) is 0 Å². The Morgan fingerprint density at radius 1 is 1.30 bits per heavy atom. The van der Waals surface area contributed by atoms with Gasteiger partial charge in [-0.2, -0.15) is 0 Å². The normalized spacial score (nSPS) is 13.5. The van der Waals surface area contributed by atoms with Crippen LogP contribution in [0.5, 0.6) is 0 Å². The highest BCUT2D eigenvalue weighted by atomic mass is 16.5. The van der Waals surface area contributed by atoms with Crippen LogP contribution in [0.1, 0.15) is 24.4 Å². The first-order chi connectivity index (χ1) is 9.52. The Bertz CT molecular complexity index is 436. The lowest BCUT2D eigenvalue weighted by Crippen LogP contribution is -2.35. The zero-order valence-corrected chi connectivity index (χ0v) is 11.4. The molecular weight excluding hydrogens is 260 g/mol. The van der Waals surface area contributed by atoms with Gasteiger partial charge in [-0.1, -0.05) is 30.3 Å². The second-order valence-corrected chi connectivity index (χ2v) is 4.48. The number of carboxylic acid groups (broad SMARTS) is 1. The summed E-state index contributed by atoms with van der Waals surface area (Å²) >= 11 is 0. The zero-order chi connectivity index (χ0) is 15.0. The largest absolute Gasteiger partial charge is 0.481 e. The molecule has 0 fully saturated rings. The van der Waals surface area contributed by atoms with Gasteiger partial charge in [-0.3, -0.25) is 9.59 Å². The Balaban J connectivity index is 2.38. The van der Waals surface area contributed by atoms with Crippen LogP contribution in [0.4, 0.5) is 0 Å². The molecule has 0 aliphatic carbocycles. The summed E-state index contributed by atoms with van der Waals surface area (Å²) in [4.78, 5) is 22.3. The van der Waals surface area contributed by atoms with Gasteiger partial charge in [0.05, 0.1) is 12.5 Å². The van der Waals surface area contributed by atoms with Crippen LogP contribution in [0.2, 0.25) is 0 Å². The van der Waals surface area contributed by atoms with Crippen molar-refractivity contribution in [3.63, 3.8) is 0 Å². The van der Waals surface area contributed by atoms with Crippen molar-refractivity contribution in [1.29, 1.82) is 0 Å². The Labute approximate surface area is 117 Å². The molecular formula is C14H20N2O4. The number of nitrogens with one attached hydrogen (secondary N) is 1. The number of methoxy groups -OCH3 is 1. The second-order valence-electron chi connectivity index (χ2n) is 4.48. The summed E-state index contributed by atoms with van der Waals surface area (Å²) in [6.45, 7) is 0.156. The van der Waals surface area contributed by atoms with Gasteiger partial charge in [-0.05, 0) is 5.56 Å². The number of carboxylic acids is 1. The number of rotatable bonds is 8. The number of carbonyl (C=O) groups is 2. The number of hydrogen-bond donors (Lipinski definition) is 3. The zero-order valence-electron chi connectivity index (χ0n) is 11.4. The van der Waals surface area contributed by atoms with Crippen molar-refractivity contribution in [2.24, 2.45) is 5.73 Å². The first kappa shape index (κ1) is 16.1. The molecule has 0 aromatic heterocycles. The van der Waals surface area contributed by atoms with Gasteiger partial charge in [0, 0.05) is 26.1 Å². The number of ether oxygens (including phenoxy) is 1. The van der Waals surface area contributed by atoms with Crippen molar-refractivity contribution in [2.75, 3.05) is 13.7 Å². The molecule has 0 spiro atoms. The van der Waals surface area contributed by atoms with Crippen molar-refractivity contribution in [2.45, 2.75) is 25.0 Å². The number of nitrogens with two attached hydrogens (primary N) is 1. The first-order valence-electron chi connectivity index (χ1n) is 6.34. The van der Waals surface area contributed by atoms with E-state index in [1.165, 1.54) is 7.11 Å². The molecule has 0 bridgehead atoms. The topological polar surface area (TPSA) is 102 Å². The van der Waals surface area contributed by atoms with E-state index in [1.807, 2.05) is 30.3 Å². The highest BCUT2D eigenvalue weighted by Gasteiger charge is 2.15. The molecule has 0 saturated carbocycles. The standard InChI is InChI=1S/C14H20N2O4/c1-20-11(7-14(18)19)9-16-13(17)8-12(15)10-5-3-2-4-6-10/h2-6,11-12H,7-9,15H2,1H3,(H,16,17)(H,18,19). The molecule has 0 aliphatic heterocycles. The molecule has 0 radical (unpaired) electrons. The summed E-state index contributed by atoms with van der Waals surface area (Å²) < 4.78 is 4.97. The molecule has 110 valence electrons. The fraction of sp³-hybridized carbons (Fsp3) is 0.429. The summed E-state index contributed by atoms with van der Waals surface area (Å²) in [6, 6.07) is 8.95. The molecule has 0 heterocycles. The molecule has 4 N–H and O–H groups in total. The monoisotopic (exact) mass is 280 g/mol. The average Bonchev–Trinajstić information content (AvgIpc) is 2.44. The summed E-state index contributed by atoms with van der Waals surface area (Å²) in [7, 11) is 1.41. The maximum Gasteiger partial charge on any atom is 0.306 e. The van der Waals surface area contributed by atoms with E-state index in [-0.39, 0.29) is 31.3 Å². The van der Waals surface area contributed by atoms with Crippen molar-refractivity contribution < 1.29 is 19.4 Å². The minimum absolute atomic E-state index is 0.146. The maximum absolute atomic E-state index is 11.7. The predicted octanol–water partition coefficient (Wildman–Crippen LogP) is 0.682. The number of benzene rings is 1. The second kappa shape index (κ2) is 8.29.